The molecule has 0 aromatic heterocycles. The largest absolute Gasteiger partial charge is 0.400 e. The van der Waals surface area contributed by atoms with Gasteiger partial charge in [0, 0.05) is 44.3 Å². The van der Waals surface area contributed by atoms with Gasteiger partial charge in [0.05, 0.1) is 0 Å². The second-order valence-electron chi connectivity index (χ2n) is 2.72. The molecule has 1 rings (SSSR count). The number of rotatable bonds is 2. The Morgan fingerprint density at radius 3 is 1.93 bits per heavy atom. The highest BCUT2D eigenvalue weighted by atomic mass is 128. The quantitative estimate of drug-likeness (QED) is 0.695. The molecule has 1 aromatic carbocycles. The summed E-state index contributed by atoms with van der Waals surface area (Å²) in [7, 11) is 1.00. The van der Waals surface area contributed by atoms with Crippen molar-refractivity contribution in [2.75, 3.05) is 7.11 Å². The maximum atomic E-state index is 7.00. The summed E-state index contributed by atoms with van der Waals surface area (Å²) >= 11 is 4.24. The predicted octanol–water partition coefficient (Wildman–Crippen LogP) is 4.58. The van der Waals surface area contributed by atoms with Gasteiger partial charge in [0.1, 0.15) is 0 Å². The van der Waals surface area contributed by atoms with Crippen molar-refractivity contribution in [1.82, 2.24) is 0 Å². The molecule has 0 aliphatic heterocycles. The van der Waals surface area contributed by atoms with E-state index in [1.807, 2.05) is 0 Å². The van der Waals surface area contributed by atoms with Crippen molar-refractivity contribution in [3.8, 4) is 0 Å². The number of hydrogen-bond acceptors (Lipinski definition) is 1. The predicted molar refractivity (Wildman–Crippen MR) is 81.3 cm³/mol. The van der Waals surface area contributed by atoms with Gasteiger partial charge < -0.3 is 5.11 Å². The number of benzene rings is 1. The highest BCUT2D eigenvalue weighted by molar-refractivity contribution is 15.0. The molecule has 0 fully saturated rings. The minimum Gasteiger partial charge on any atom is -0.400 e. The lowest BCUT2D eigenvalue weighted by Crippen LogP contribution is -1.88. The van der Waals surface area contributed by atoms with E-state index in [1.165, 1.54) is 12.0 Å². The minimum atomic E-state index is 0.709. The fraction of sp³-hybridized carbons (Fsp3) is 0.455. The summed E-state index contributed by atoms with van der Waals surface area (Å²) in [6.45, 7) is 4.48. The fourth-order valence-corrected chi connectivity index (χ4v) is 1.02. The summed E-state index contributed by atoms with van der Waals surface area (Å²) in [5, 5.41) is 7.00. The van der Waals surface area contributed by atoms with E-state index >= 15 is 0 Å². The molecule has 82 valence electrons. The van der Waals surface area contributed by atoms with Crippen molar-refractivity contribution in [2.24, 2.45) is 0 Å². The summed E-state index contributed by atoms with van der Waals surface area (Å²) in [5.74, 6) is 0.709. The van der Waals surface area contributed by atoms with E-state index in [4.69, 9.17) is 5.11 Å². The van der Waals surface area contributed by atoms with Gasteiger partial charge in [-0.05, 0) is 17.9 Å². The third kappa shape index (κ3) is 7.99. The Morgan fingerprint density at radius 1 is 1.14 bits per heavy atom. The normalized spacial score (nSPS) is 10.1. The zero-order valence-corrected chi connectivity index (χ0v) is 13.2. The third-order valence-electron chi connectivity index (χ3n) is 1.98. The van der Waals surface area contributed by atoms with Crippen LogP contribution >= 0.6 is 37.2 Å². The Morgan fingerprint density at radius 2 is 1.57 bits per heavy atom. The van der Waals surface area contributed by atoms with Crippen molar-refractivity contribution in [2.45, 2.75) is 26.2 Å². The van der Waals surface area contributed by atoms with Crippen molar-refractivity contribution >= 4 is 37.2 Å². The number of aliphatic hydroxyl groups excluding tert-OH is 1. The van der Waals surface area contributed by atoms with Gasteiger partial charge in [0.15, 0.2) is 0 Å². The van der Waals surface area contributed by atoms with Crippen LogP contribution in [0.5, 0.6) is 0 Å². The van der Waals surface area contributed by atoms with Crippen LogP contribution in [0.2, 0.25) is 0 Å². The van der Waals surface area contributed by atoms with E-state index < -0.39 is 0 Å². The lowest BCUT2D eigenvalue weighted by atomic mass is 9.99. The maximum absolute atomic E-state index is 7.00. The van der Waals surface area contributed by atoms with Crippen LogP contribution in [0.3, 0.4) is 0 Å². The molecule has 0 radical (unpaired) electrons. The Kier molecular flexibility index (Phi) is 16.6. The molecule has 14 heavy (non-hydrogen) atoms. The molecule has 1 atom stereocenters. The summed E-state index contributed by atoms with van der Waals surface area (Å²) in [6.07, 6.45) is 1.23. The van der Waals surface area contributed by atoms with E-state index in [0.29, 0.717) is 5.92 Å². The van der Waals surface area contributed by atoms with Gasteiger partial charge in [-0.1, -0.05) is 44.2 Å². The van der Waals surface area contributed by atoms with Gasteiger partial charge in [-0.3, -0.25) is 0 Å². The lowest BCUT2D eigenvalue weighted by Gasteiger charge is -2.06. The summed E-state index contributed by atoms with van der Waals surface area (Å²) < 4.78 is 0. The zero-order valence-electron chi connectivity index (χ0n) is 8.87. The average molecular weight is 420 g/mol. The molecule has 0 aliphatic rings. The molecule has 1 unspecified atom stereocenters. The number of aliphatic hydroxyl groups is 1. The van der Waals surface area contributed by atoms with Crippen molar-refractivity contribution in [3.05, 3.63) is 35.9 Å². The highest BCUT2D eigenvalue weighted by Gasteiger charge is 1.98. The lowest BCUT2D eigenvalue weighted by molar-refractivity contribution is 0.399. The Labute approximate surface area is 111 Å². The van der Waals surface area contributed by atoms with E-state index in [9.17, 15) is 0 Å². The molecule has 0 heterocycles. The van der Waals surface area contributed by atoms with Crippen LogP contribution in [0.4, 0.5) is 0 Å². The smallest absolute Gasteiger partial charge is 0.0319 e. The molecule has 1 N–H and O–H groups in total. The zero-order chi connectivity index (χ0) is 11.4. The second-order valence-corrected chi connectivity index (χ2v) is 2.72. The Bertz CT molecular complexity index is 190. The van der Waals surface area contributed by atoms with Gasteiger partial charge in [-0.15, -0.1) is 0 Å². The molecule has 0 saturated heterocycles. The molecular weight excluding hydrogens is 402 g/mol. The van der Waals surface area contributed by atoms with Crippen LogP contribution in [-0.2, 0) is 0 Å². The van der Waals surface area contributed by atoms with Crippen LogP contribution in [0.25, 0.3) is 0 Å². The van der Waals surface area contributed by atoms with Crippen LogP contribution in [0, 0.1) is 0 Å². The van der Waals surface area contributed by atoms with Gasteiger partial charge in [0.25, 0.3) is 0 Å². The third-order valence-corrected chi connectivity index (χ3v) is 1.98. The molecule has 0 saturated carbocycles. The fourth-order valence-electron chi connectivity index (χ4n) is 1.02. The van der Waals surface area contributed by atoms with E-state index in [1.54, 1.807) is 0 Å². The molecule has 3 heteroatoms. The number of hydrogen-bond donors (Lipinski definition) is 1. The van der Waals surface area contributed by atoms with Crippen LogP contribution in [-0.4, -0.2) is 12.2 Å². The van der Waals surface area contributed by atoms with Gasteiger partial charge >= 0.3 is 0 Å². The first-order valence-electron chi connectivity index (χ1n) is 4.48. The van der Waals surface area contributed by atoms with E-state index in [0.717, 1.165) is 7.11 Å². The second kappa shape index (κ2) is 13.6. The van der Waals surface area contributed by atoms with Gasteiger partial charge in [-0.2, -0.15) is 0 Å². The standard InChI is InChI=1S/C10H14.CH4O.I2/c1-3-9(2)10-7-5-4-6-8-10;2*1-2/h4-9H,3H2,1-2H3;2H,1H3;. The first-order chi connectivity index (χ1) is 6.84. The Balaban J connectivity index is 0. The summed E-state index contributed by atoms with van der Waals surface area (Å²) in [6, 6.07) is 10.6. The number of halogens is 2. The van der Waals surface area contributed by atoms with Crippen LogP contribution in [0.15, 0.2) is 30.3 Å². The Hall–Kier alpha value is 0.640. The molecule has 1 nitrogen and oxygen atoms in total. The van der Waals surface area contributed by atoms with E-state index in [-0.39, 0.29) is 0 Å². The highest BCUT2D eigenvalue weighted by Crippen LogP contribution is 2.16. The van der Waals surface area contributed by atoms with Gasteiger partial charge in [-0.25, -0.2) is 0 Å². The monoisotopic (exact) mass is 420 g/mol. The molecule has 0 bridgehead atoms. The maximum Gasteiger partial charge on any atom is 0.0319 e. The molecule has 0 aliphatic carbocycles. The summed E-state index contributed by atoms with van der Waals surface area (Å²) in [4.78, 5) is 0. The molecule has 1 aromatic rings. The first kappa shape index (κ1) is 17.0. The van der Waals surface area contributed by atoms with Crippen molar-refractivity contribution in [1.29, 1.82) is 0 Å². The molecular formula is C11H18I2O. The van der Waals surface area contributed by atoms with Crippen molar-refractivity contribution < 1.29 is 5.11 Å². The van der Waals surface area contributed by atoms with Crippen molar-refractivity contribution in [3.63, 3.8) is 0 Å². The topological polar surface area (TPSA) is 20.2 Å². The van der Waals surface area contributed by atoms with E-state index in [2.05, 4.69) is 81.4 Å². The minimum absolute atomic E-state index is 0.709. The van der Waals surface area contributed by atoms with Crippen LogP contribution < -0.4 is 0 Å². The molecule has 0 amide bonds. The molecule has 0 spiro atoms. The van der Waals surface area contributed by atoms with Gasteiger partial charge in [0.2, 0.25) is 0 Å². The summed E-state index contributed by atoms with van der Waals surface area (Å²) in [5.41, 5.74) is 1.45. The first-order valence-corrected chi connectivity index (χ1v) is 10.8. The van der Waals surface area contributed by atoms with Crippen LogP contribution in [0.1, 0.15) is 31.7 Å². The SMILES string of the molecule is CCC(C)c1ccccc1.CO.II. The average Bonchev–Trinajstić information content (AvgIpc) is 2.34.